The van der Waals surface area contributed by atoms with Crippen molar-refractivity contribution >= 4 is 22.0 Å². The van der Waals surface area contributed by atoms with Crippen LogP contribution in [-0.4, -0.2) is 16.4 Å². The molecule has 0 aliphatic carbocycles. The van der Waals surface area contributed by atoms with Crippen LogP contribution in [0, 0.1) is 6.92 Å². The van der Waals surface area contributed by atoms with Crippen molar-refractivity contribution < 1.29 is 0 Å². The van der Waals surface area contributed by atoms with Gasteiger partial charge >= 0.3 is 0 Å². The van der Waals surface area contributed by atoms with E-state index in [9.17, 15) is 0 Å². The molecule has 1 aromatic rings. The van der Waals surface area contributed by atoms with Crippen LogP contribution in [-0.2, 0) is 0 Å². The molecule has 1 aliphatic heterocycles. The van der Waals surface area contributed by atoms with Crippen LogP contribution in [0.1, 0.15) is 5.69 Å². The van der Waals surface area contributed by atoms with Crippen LogP contribution in [0.3, 0.4) is 0 Å². The average Bonchev–Trinajstić information content (AvgIpc) is 2.27. The number of aryl methyl sites for hydroxylation is 1. The first-order valence-electron chi connectivity index (χ1n) is 3.62. The minimum absolute atomic E-state index is 0.408. The highest BCUT2D eigenvalue weighted by Gasteiger charge is 2.04. The first kappa shape index (κ1) is 7.10. The summed E-state index contributed by atoms with van der Waals surface area (Å²) in [6.45, 7) is 2.89. The van der Waals surface area contributed by atoms with Gasteiger partial charge in [0.15, 0.2) is 0 Å². The van der Waals surface area contributed by atoms with Crippen LogP contribution < -0.4 is 10.7 Å². The third-order valence-corrected chi connectivity index (χ3v) is 2.30. The van der Waals surface area contributed by atoms with Crippen LogP contribution in [0.15, 0.2) is 11.1 Å². The summed E-state index contributed by atoms with van der Waals surface area (Å²) in [6, 6.07) is 2.12. The molecule has 11 heavy (non-hydrogen) atoms. The summed E-state index contributed by atoms with van der Waals surface area (Å²) >= 11 is 3.50. The molecule has 1 aliphatic rings. The zero-order chi connectivity index (χ0) is 7.84. The highest BCUT2D eigenvalue weighted by atomic mass is 79.9. The molecule has 1 atom stereocenters. The van der Waals surface area contributed by atoms with E-state index in [1.54, 1.807) is 0 Å². The molecule has 0 spiro atoms. The smallest absolute Gasteiger partial charge is 0.132 e. The van der Waals surface area contributed by atoms with Gasteiger partial charge in [-0.15, -0.1) is 0 Å². The fourth-order valence-electron chi connectivity index (χ4n) is 1.28. The maximum absolute atomic E-state index is 4.36. The molecule has 0 radical (unpaired) electrons. The largest absolute Gasteiger partial charge is 0.344 e. The van der Waals surface area contributed by atoms with E-state index >= 15 is 0 Å². The molecule has 1 N–H and O–H groups in total. The highest BCUT2D eigenvalue weighted by molar-refractivity contribution is 9.09. The Morgan fingerprint density at radius 3 is 3.36 bits per heavy atom. The van der Waals surface area contributed by atoms with Crippen molar-refractivity contribution in [2.45, 2.75) is 11.8 Å². The van der Waals surface area contributed by atoms with Crippen LogP contribution in [0.4, 0.5) is 0 Å². The lowest BCUT2D eigenvalue weighted by Crippen LogP contribution is -2.29. The number of hydrogen-bond acceptors (Lipinski definition) is 1. The summed E-state index contributed by atoms with van der Waals surface area (Å²) < 4.78 is 0. The quantitative estimate of drug-likeness (QED) is 0.608. The minimum atomic E-state index is 0.408. The van der Waals surface area contributed by atoms with Crippen molar-refractivity contribution in [2.24, 2.45) is 4.99 Å². The fraction of sp³-hybridized carbons (Fsp3) is 0.375. The minimum Gasteiger partial charge on any atom is -0.344 e. The molecule has 0 fully saturated rings. The van der Waals surface area contributed by atoms with Crippen molar-refractivity contribution in [3.8, 4) is 0 Å². The second-order valence-electron chi connectivity index (χ2n) is 2.78. The number of aromatic amines is 1. The van der Waals surface area contributed by atoms with Gasteiger partial charge in [-0.1, -0.05) is 22.0 Å². The Bertz CT molecular complexity index is 377. The number of alkyl halides is 1. The Kier molecular flexibility index (Phi) is 1.60. The third-order valence-electron chi connectivity index (χ3n) is 1.75. The van der Waals surface area contributed by atoms with Crippen LogP contribution in [0.5, 0.6) is 0 Å². The molecule has 0 saturated carbocycles. The molecule has 0 aromatic carbocycles. The van der Waals surface area contributed by atoms with E-state index in [1.165, 1.54) is 10.9 Å². The van der Waals surface area contributed by atoms with Crippen molar-refractivity contribution in [1.29, 1.82) is 0 Å². The number of rotatable bonds is 0. The fourth-order valence-corrected chi connectivity index (χ4v) is 1.71. The van der Waals surface area contributed by atoms with E-state index in [4.69, 9.17) is 0 Å². The highest BCUT2D eigenvalue weighted by Crippen LogP contribution is 2.02. The van der Waals surface area contributed by atoms with E-state index in [0.717, 1.165) is 12.0 Å². The summed E-state index contributed by atoms with van der Waals surface area (Å²) in [6.07, 6.45) is 2.19. The second kappa shape index (κ2) is 2.48. The van der Waals surface area contributed by atoms with Crippen LogP contribution in [0.2, 0.25) is 0 Å². The second-order valence-corrected chi connectivity index (χ2v) is 3.96. The van der Waals surface area contributed by atoms with Gasteiger partial charge in [0.1, 0.15) is 5.49 Å². The molecule has 0 saturated heterocycles. The van der Waals surface area contributed by atoms with Gasteiger partial charge in [0, 0.05) is 10.9 Å². The Hall–Kier alpha value is -0.570. The molecule has 0 bridgehead atoms. The van der Waals surface area contributed by atoms with E-state index in [2.05, 4.69) is 38.0 Å². The van der Waals surface area contributed by atoms with Gasteiger partial charge in [0.25, 0.3) is 0 Å². The van der Waals surface area contributed by atoms with Crippen molar-refractivity contribution in [3.05, 3.63) is 22.5 Å². The maximum Gasteiger partial charge on any atom is 0.132 e. The summed E-state index contributed by atoms with van der Waals surface area (Å²) in [5, 5.41) is 1.22. The number of nitrogens with zero attached hydrogens (tertiary/aromatic N) is 1. The summed E-state index contributed by atoms with van der Waals surface area (Å²) in [7, 11) is 0. The lowest BCUT2D eigenvalue weighted by atomic mass is 10.3. The predicted octanol–water partition coefficient (Wildman–Crippen LogP) is 0.500. The van der Waals surface area contributed by atoms with Gasteiger partial charge in [0.05, 0.1) is 11.4 Å². The van der Waals surface area contributed by atoms with Gasteiger partial charge in [-0.05, 0) is 13.0 Å². The van der Waals surface area contributed by atoms with Crippen molar-refractivity contribution in [2.75, 3.05) is 6.54 Å². The number of hydrogen-bond donors (Lipinski definition) is 1. The first-order chi connectivity index (χ1) is 5.25. The zero-order valence-corrected chi connectivity index (χ0v) is 7.85. The van der Waals surface area contributed by atoms with Crippen molar-refractivity contribution in [3.63, 3.8) is 0 Å². The molecular weight excluding hydrogens is 204 g/mol. The van der Waals surface area contributed by atoms with Crippen LogP contribution >= 0.6 is 15.9 Å². The molecule has 1 aromatic heterocycles. The molecule has 2 rings (SSSR count). The molecule has 3 heteroatoms. The summed E-state index contributed by atoms with van der Waals surface area (Å²) in [5.74, 6) is 0. The predicted molar refractivity (Wildman–Crippen MR) is 48.4 cm³/mol. The monoisotopic (exact) mass is 212 g/mol. The summed E-state index contributed by atoms with van der Waals surface area (Å²) in [5.41, 5.74) is 2.20. The lowest BCUT2D eigenvalue weighted by molar-refractivity contribution is 0.950. The number of halogens is 1. The normalized spacial score (nSPS) is 21.8. The van der Waals surface area contributed by atoms with Gasteiger partial charge in [-0.2, -0.15) is 0 Å². The Balaban J connectivity index is 2.72. The van der Waals surface area contributed by atoms with Gasteiger partial charge in [-0.3, -0.25) is 4.99 Å². The van der Waals surface area contributed by atoms with E-state index in [1.807, 2.05) is 6.92 Å². The van der Waals surface area contributed by atoms with Crippen LogP contribution in [0.25, 0.3) is 6.08 Å². The van der Waals surface area contributed by atoms with Gasteiger partial charge < -0.3 is 4.98 Å². The van der Waals surface area contributed by atoms with E-state index < -0.39 is 0 Å². The number of fused-ring (bicyclic) bond motifs is 1. The topological polar surface area (TPSA) is 28.1 Å². The Morgan fingerprint density at radius 1 is 1.73 bits per heavy atom. The van der Waals surface area contributed by atoms with Gasteiger partial charge in [-0.25, -0.2) is 0 Å². The average molecular weight is 213 g/mol. The standard InChI is InChI=1S/C8H9BrN2/c1-5-2-6-3-7(9)4-10-8(6)11-5/h2-3,7H,4H2,1H3,(H,10,11). The SMILES string of the molecule is Cc1cc2c([nH]1)=NCC(Br)C=2. The first-order valence-corrected chi connectivity index (χ1v) is 4.53. The molecule has 0 amide bonds. The maximum atomic E-state index is 4.36. The number of nitrogens with one attached hydrogen (secondary N) is 1. The summed E-state index contributed by atoms with van der Waals surface area (Å²) in [4.78, 5) is 7.97. The van der Waals surface area contributed by atoms with E-state index in [-0.39, 0.29) is 0 Å². The lowest BCUT2D eigenvalue weighted by Gasteiger charge is -2.01. The van der Waals surface area contributed by atoms with Gasteiger partial charge in [0.2, 0.25) is 0 Å². The Morgan fingerprint density at radius 2 is 2.55 bits per heavy atom. The Labute approximate surface area is 73.2 Å². The molecular formula is C8H9BrN2. The molecule has 1 unspecified atom stereocenters. The number of H-pyrrole nitrogens is 1. The molecule has 2 heterocycles. The van der Waals surface area contributed by atoms with E-state index in [0.29, 0.717) is 4.83 Å². The molecule has 2 nitrogen and oxygen atoms in total. The molecule has 58 valence electrons. The van der Waals surface area contributed by atoms with Crippen molar-refractivity contribution in [1.82, 2.24) is 4.98 Å². The number of aromatic nitrogens is 1. The zero-order valence-electron chi connectivity index (χ0n) is 6.26. The third kappa shape index (κ3) is 1.25.